The van der Waals surface area contributed by atoms with E-state index in [9.17, 15) is 0 Å². The van der Waals surface area contributed by atoms with Gasteiger partial charge in [0, 0.05) is 0 Å². The summed E-state index contributed by atoms with van der Waals surface area (Å²) >= 11 is 6.67. The zero-order valence-corrected chi connectivity index (χ0v) is 20.2. The van der Waals surface area contributed by atoms with Crippen molar-refractivity contribution in [2.24, 2.45) is 0 Å². The zero-order chi connectivity index (χ0) is 14.8. The third-order valence-corrected chi connectivity index (χ3v) is 20.3. The Kier molecular flexibility index (Phi) is 3.98. The van der Waals surface area contributed by atoms with Gasteiger partial charge in [-0.3, -0.25) is 0 Å². The van der Waals surface area contributed by atoms with Crippen LogP contribution < -0.4 is 0 Å². The quantitative estimate of drug-likeness (QED) is 0.176. The van der Waals surface area contributed by atoms with Gasteiger partial charge >= 0.3 is 159 Å². The van der Waals surface area contributed by atoms with Crippen LogP contribution in [0.3, 0.4) is 0 Å². The van der Waals surface area contributed by atoms with Crippen LogP contribution in [-0.2, 0) is 0 Å². The van der Waals surface area contributed by atoms with Crippen LogP contribution in [0.25, 0.3) is 38.6 Å². The molecule has 5 aromatic rings. The summed E-state index contributed by atoms with van der Waals surface area (Å²) in [6, 6.07) is 9.90. The van der Waals surface area contributed by atoms with Crippen molar-refractivity contribution in [2.75, 3.05) is 12.5 Å². The first-order valence-electron chi connectivity index (χ1n) is 6.68. The first-order valence-corrected chi connectivity index (χ1v) is 21.2. The van der Waals surface area contributed by atoms with Gasteiger partial charge in [0.1, 0.15) is 0 Å². The summed E-state index contributed by atoms with van der Waals surface area (Å²) in [6.07, 6.45) is 4.42. The standard InChI is InChI=1S/C16H10S2Se4/c1-17-7-3-9-10-4-8(18-2)6-12-14(10)16(22-20-12)15-13(9)11(5-7)19-21-15/h3-6H,1-2H3. The van der Waals surface area contributed by atoms with Gasteiger partial charge in [-0.2, -0.15) is 0 Å². The van der Waals surface area contributed by atoms with E-state index in [0.717, 1.165) is 25.3 Å². The third-order valence-electron chi connectivity index (χ3n) is 4.00. The van der Waals surface area contributed by atoms with Crippen molar-refractivity contribution >= 4 is 113 Å². The molecule has 0 aliphatic rings. The molecular weight excluding hydrogens is 572 g/mol. The van der Waals surface area contributed by atoms with E-state index < -0.39 is 0 Å². The van der Waals surface area contributed by atoms with Gasteiger partial charge in [-0.1, -0.05) is 0 Å². The van der Waals surface area contributed by atoms with Gasteiger partial charge in [0.25, 0.3) is 0 Å². The Bertz CT molecular complexity index is 1060. The number of hydrogen-bond acceptors (Lipinski definition) is 2. The van der Waals surface area contributed by atoms with Crippen LogP contribution >= 0.6 is 23.5 Å². The fourth-order valence-electron chi connectivity index (χ4n) is 3.00. The predicted molar refractivity (Wildman–Crippen MR) is 108 cm³/mol. The third kappa shape index (κ3) is 2.11. The summed E-state index contributed by atoms with van der Waals surface area (Å²) in [5.74, 6) is 0. The molecule has 0 spiro atoms. The molecule has 0 amide bonds. The molecule has 0 fully saturated rings. The zero-order valence-electron chi connectivity index (χ0n) is 11.8. The molecule has 6 heteroatoms. The number of thioether (sulfide) groups is 2. The fourth-order valence-corrected chi connectivity index (χ4v) is 23.6. The van der Waals surface area contributed by atoms with E-state index >= 15 is 0 Å². The Balaban J connectivity index is 2.15. The Hall–Kier alpha value is 0.958. The molecule has 3 aromatic carbocycles. The maximum atomic E-state index is 2.48. The molecule has 0 atom stereocenters. The van der Waals surface area contributed by atoms with Gasteiger partial charge in [-0.05, 0) is 0 Å². The molecule has 0 N–H and O–H groups in total. The molecule has 110 valence electrons. The number of fused-ring (bicyclic) bond motifs is 2. The van der Waals surface area contributed by atoms with Gasteiger partial charge < -0.3 is 0 Å². The SMILES string of the molecule is CSc1cc2[se][se]c3c4[se][se]c5cc(SC)cc(c(c1)c23)c54. The van der Waals surface area contributed by atoms with Gasteiger partial charge in [0.05, 0.1) is 0 Å². The first-order chi connectivity index (χ1) is 10.8. The van der Waals surface area contributed by atoms with E-state index in [-0.39, 0.29) is 0 Å². The van der Waals surface area contributed by atoms with Crippen molar-refractivity contribution in [3.63, 3.8) is 0 Å². The van der Waals surface area contributed by atoms with Crippen LogP contribution in [0.1, 0.15) is 0 Å². The molecule has 0 aliphatic heterocycles. The van der Waals surface area contributed by atoms with Gasteiger partial charge in [0.2, 0.25) is 0 Å². The molecule has 0 saturated heterocycles. The summed E-state index contributed by atoms with van der Waals surface area (Å²) in [4.78, 5) is 2.90. The Morgan fingerprint density at radius 3 is 1.50 bits per heavy atom. The number of rotatable bonds is 2. The summed E-state index contributed by atoms with van der Waals surface area (Å²) in [5.41, 5.74) is 0. The van der Waals surface area contributed by atoms with Crippen LogP contribution in [0.15, 0.2) is 34.1 Å². The Labute approximate surface area is 157 Å². The molecule has 0 nitrogen and oxygen atoms in total. The molecule has 0 saturated carbocycles. The van der Waals surface area contributed by atoms with Crippen molar-refractivity contribution in [2.45, 2.75) is 9.79 Å². The predicted octanol–water partition coefficient (Wildman–Crippen LogP) is 3.97. The van der Waals surface area contributed by atoms with Crippen LogP contribution in [0, 0.1) is 0 Å². The normalized spacial score (nSPS) is 12.5. The second kappa shape index (κ2) is 5.75. The van der Waals surface area contributed by atoms with Crippen molar-refractivity contribution in [1.29, 1.82) is 0 Å². The van der Waals surface area contributed by atoms with Gasteiger partial charge in [-0.25, -0.2) is 0 Å². The van der Waals surface area contributed by atoms with Gasteiger partial charge in [-0.15, -0.1) is 0 Å². The minimum atomic E-state index is 0.710. The van der Waals surface area contributed by atoms with Crippen molar-refractivity contribution in [3.8, 4) is 0 Å². The van der Waals surface area contributed by atoms with E-state index in [1.54, 1.807) is 38.6 Å². The summed E-state index contributed by atoms with van der Waals surface area (Å²) in [5, 5.41) is 6.46. The average Bonchev–Trinajstić information content (AvgIpc) is 3.16. The van der Waals surface area contributed by atoms with E-state index in [1.807, 2.05) is 23.5 Å². The first kappa shape index (κ1) is 15.2. The van der Waals surface area contributed by atoms with E-state index in [1.165, 1.54) is 9.79 Å². The van der Waals surface area contributed by atoms with E-state index in [0.29, 0.717) is 25.3 Å². The fraction of sp³-hybridized carbons (Fsp3) is 0.125. The molecule has 0 unspecified atom stereocenters. The summed E-state index contributed by atoms with van der Waals surface area (Å²) in [7, 11) is 0. The molecule has 22 heavy (non-hydrogen) atoms. The number of hydrogen-bond donors (Lipinski definition) is 0. The van der Waals surface area contributed by atoms with Crippen molar-refractivity contribution in [1.82, 2.24) is 0 Å². The molecule has 0 bridgehead atoms. The minimum absolute atomic E-state index is 0.710. The van der Waals surface area contributed by atoms with Crippen LogP contribution in [0.5, 0.6) is 0 Å². The second-order valence-electron chi connectivity index (χ2n) is 5.09. The van der Waals surface area contributed by atoms with Crippen molar-refractivity contribution in [3.05, 3.63) is 24.3 Å². The van der Waals surface area contributed by atoms with Crippen LogP contribution in [0.2, 0.25) is 0 Å². The molecule has 2 heterocycles. The summed E-state index contributed by atoms with van der Waals surface area (Å²) in [6.45, 7) is 0. The van der Waals surface area contributed by atoms with Crippen LogP contribution in [0.4, 0.5) is 0 Å². The molecule has 0 radical (unpaired) electrons. The monoisotopic (exact) mass is 586 g/mol. The van der Waals surface area contributed by atoms with E-state index in [4.69, 9.17) is 0 Å². The molecular formula is C16H10S2Se4. The van der Waals surface area contributed by atoms with Gasteiger partial charge in [0.15, 0.2) is 0 Å². The molecule has 5 rings (SSSR count). The summed E-state index contributed by atoms with van der Waals surface area (Å²) < 4.78 is 6.98. The molecule has 2 aromatic heterocycles. The maximum absolute atomic E-state index is 2.48. The average molecular weight is 582 g/mol. The topological polar surface area (TPSA) is 0 Å². The number of benzene rings is 3. The second-order valence-corrected chi connectivity index (χ2v) is 19.1. The van der Waals surface area contributed by atoms with Crippen LogP contribution in [-0.4, -0.2) is 63.0 Å². The van der Waals surface area contributed by atoms with Crippen molar-refractivity contribution < 1.29 is 0 Å². The Morgan fingerprint density at radius 2 is 1.09 bits per heavy atom. The van der Waals surface area contributed by atoms with E-state index in [2.05, 4.69) is 36.8 Å². The Morgan fingerprint density at radius 1 is 0.636 bits per heavy atom. The molecule has 0 aliphatic carbocycles.